The molecule has 2 aromatic carbocycles. The van der Waals surface area contributed by atoms with Gasteiger partial charge in [-0.15, -0.1) is 0 Å². The highest BCUT2D eigenvalue weighted by Crippen LogP contribution is 2.41. The van der Waals surface area contributed by atoms with Gasteiger partial charge in [-0.25, -0.2) is 0 Å². The van der Waals surface area contributed by atoms with Gasteiger partial charge < -0.3 is 10.1 Å². The Hall–Kier alpha value is -2.26. The summed E-state index contributed by atoms with van der Waals surface area (Å²) in [7, 11) is 0. The van der Waals surface area contributed by atoms with Crippen molar-refractivity contribution >= 4 is 34.8 Å². The van der Waals surface area contributed by atoms with E-state index in [4.69, 9.17) is 16.3 Å². The number of ether oxygens (including phenoxy) is 1. The highest BCUT2D eigenvalue weighted by atomic mass is 35.5. The molecule has 0 atom stereocenters. The predicted octanol–water partition coefficient (Wildman–Crippen LogP) is 4.93. The fourth-order valence-electron chi connectivity index (χ4n) is 2.76. The van der Waals surface area contributed by atoms with Gasteiger partial charge in [0.15, 0.2) is 0 Å². The normalized spacial score (nSPS) is 15.0. The molecule has 4 heteroatoms. The lowest BCUT2D eigenvalue weighted by molar-refractivity contribution is -0.114. The van der Waals surface area contributed by atoms with E-state index in [1.54, 1.807) is 0 Å². The first-order chi connectivity index (χ1) is 11.0. The zero-order valence-electron chi connectivity index (χ0n) is 13.2. The summed E-state index contributed by atoms with van der Waals surface area (Å²) in [5.74, 6) is 0.726. The second kappa shape index (κ2) is 6.47. The van der Waals surface area contributed by atoms with E-state index < -0.39 is 0 Å². The molecule has 0 bridgehead atoms. The molecule has 3 nitrogen and oxygen atoms in total. The molecule has 0 fully saturated rings. The first-order valence-corrected chi connectivity index (χ1v) is 7.93. The summed E-state index contributed by atoms with van der Waals surface area (Å²) in [5.41, 5.74) is 5.05. The number of hydrogen-bond acceptors (Lipinski definition) is 2. The smallest absolute Gasteiger partial charge is 0.221 e. The van der Waals surface area contributed by atoms with Crippen LogP contribution in [0.4, 0.5) is 5.69 Å². The Kier molecular flexibility index (Phi) is 4.39. The first kappa shape index (κ1) is 15.6. The van der Waals surface area contributed by atoms with Crippen LogP contribution < -0.4 is 10.1 Å². The first-order valence-electron chi connectivity index (χ1n) is 7.55. The number of hydrogen-bond donors (Lipinski definition) is 1. The summed E-state index contributed by atoms with van der Waals surface area (Å²) in [6, 6.07) is 11.6. The fourth-order valence-corrected chi connectivity index (χ4v) is 2.89. The minimum atomic E-state index is -0.0853. The van der Waals surface area contributed by atoms with E-state index in [-0.39, 0.29) is 5.91 Å². The maximum Gasteiger partial charge on any atom is 0.221 e. The van der Waals surface area contributed by atoms with Gasteiger partial charge in [-0.2, -0.15) is 0 Å². The number of anilines is 1. The van der Waals surface area contributed by atoms with E-state index >= 15 is 0 Å². The molecule has 1 aliphatic rings. The van der Waals surface area contributed by atoms with E-state index in [1.807, 2.05) is 43.3 Å². The Morgan fingerprint density at radius 1 is 1.22 bits per heavy atom. The van der Waals surface area contributed by atoms with Crippen LogP contribution in [0.2, 0.25) is 5.02 Å². The molecule has 0 aromatic heterocycles. The van der Waals surface area contributed by atoms with Crippen LogP contribution in [0.1, 0.15) is 30.0 Å². The minimum Gasteiger partial charge on any atom is -0.493 e. The summed E-state index contributed by atoms with van der Waals surface area (Å²) in [5, 5.41) is 3.66. The van der Waals surface area contributed by atoms with Crippen LogP contribution in [0.5, 0.6) is 5.75 Å². The molecular weight excluding hydrogens is 310 g/mol. The number of nitrogens with one attached hydrogen (secondary N) is 1. The Morgan fingerprint density at radius 3 is 2.65 bits per heavy atom. The molecule has 0 radical (unpaired) electrons. The quantitative estimate of drug-likeness (QED) is 0.849. The van der Waals surface area contributed by atoms with E-state index in [0.29, 0.717) is 11.6 Å². The van der Waals surface area contributed by atoms with Crippen molar-refractivity contribution in [1.29, 1.82) is 0 Å². The lowest BCUT2D eigenvalue weighted by Gasteiger charge is -2.24. The summed E-state index contributed by atoms with van der Waals surface area (Å²) < 4.78 is 5.77. The molecule has 0 aliphatic carbocycles. The van der Waals surface area contributed by atoms with Crippen molar-refractivity contribution in [2.75, 3.05) is 11.9 Å². The average Bonchev–Trinajstić information content (AvgIpc) is 2.52. The third kappa shape index (κ3) is 3.40. The van der Waals surface area contributed by atoms with E-state index in [2.05, 4.69) is 11.4 Å². The molecule has 1 heterocycles. The van der Waals surface area contributed by atoms with Crippen LogP contribution in [0.3, 0.4) is 0 Å². The van der Waals surface area contributed by atoms with Gasteiger partial charge in [0.05, 0.1) is 12.3 Å². The second-order valence-electron chi connectivity index (χ2n) is 5.63. The number of benzene rings is 2. The Labute approximate surface area is 140 Å². The molecule has 0 saturated heterocycles. The summed E-state index contributed by atoms with van der Waals surface area (Å²) in [4.78, 5) is 11.6. The highest BCUT2D eigenvalue weighted by molar-refractivity contribution is 6.30. The molecule has 1 aliphatic heterocycles. The van der Waals surface area contributed by atoms with Crippen LogP contribution in [0, 0.1) is 6.92 Å². The number of amides is 1. The topological polar surface area (TPSA) is 38.3 Å². The van der Waals surface area contributed by atoms with Gasteiger partial charge in [-0.1, -0.05) is 35.9 Å². The van der Waals surface area contributed by atoms with Crippen LogP contribution in [0.15, 0.2) is 36.4 Å². The van der Waals surface area contributed by atoms with Crippen LogP contribution in [0.25, 0.3) is 11.6 Å². The maximum atomic E-state index is 11.6. The molecule has 3 rings (SSSR count). The number of aryl methyl sites for hydroxylation is 1. The van der Waals surface area contributed by atoms with E-state index in [1.165, 1.54) is 6.92 Å². The molecule has 0 unspecified atom stereocenters. The molecule has 1 N–H and O–H groups in total. The number of carbonyl (C=O) groups is 1. The van der Waals surface area contributed by atoms with E-state index in [9.17, 15) is 4.79 Å². The van der Waals surface area contributed by atoms with E-state index in [0.717, 1.165) is 40.1 Å². The van der Waals surface area contributed by atoms with Crippen molar-refractivity contribution in [3.8, 4) is 5.75 Å². The highest BCUT2D eigenvalue weighted by Gasteiger charge is 2.21. The molecule has 1 amide bonds. The van der Waals surface area contributed by atoms with Crippen molar-refractivity contribution < 1.29 is 9.53 Å². The Bertz CT molecular complexity index is 779. The largest absolute Gasteiger partial charge is 0.493 e. The third-order valence-corrected chi connectivity index (χ3v) is 4.09. The molecular formula is C19H18ClNO2. The molecule has 0 saturated carbocycles. The summed E-state index contributed by atoms with van der Waals surface area (Å²) >= 11 is 5.95. The average molecular weight is 328 g/mol. The van der Waals surface area contributed by atoms with Crippen LogP contribution in [-0.2, 0) is 4.79 Å². The summed E-state index contributed by atoms with van der Waals surface area (Å²) in [6.45, 7) is 4.14. The van der Waals surface area contributed by atoms with Gasteiger partial charge in [0, 0.05) is 23.9 Å². The van der Waals surface area contributed by atoms with Gasteiger partial charge >= 0.3 is 0 Å². The van der Waals surface area contributed by atoms with Crippen LogP contribution in [-0.4, -0.2) is 12.5 Å². The molecule has 2 aromatic rings. The Balaban J connectivity index is 2.11. The molecule has 0 spiro atoms. The zero-order chi connectivity index (χ0) is 16.4. The van der Waals surface area contributed by atoms with Gasteiger partial charge in [-0.05, 0) is 41.8 Å². The molecule has 23 heavy (non-hydrogen) atoms. The third-order valence-electron chi connectivity index (χ3n) is 3.84. The monoisotopic (exact) mass is 327 g/mol. The maximum absolute atomic E-state index is 11.6. The van der Waals surface area contributed by atoms with Gasteiger partial charge in [0.1, 0.15) is 5.75 Å². The fraction of sp³-hybridized carbons (Fsp3) is 0.211. The lowest BCUT2D eigenvalue weighted by Crippen LogP contribution is -2.14. The lowest BCUT2D eigenvalue weighted by atomic mass is 9.93. The predicted molar refractivity (Wildman–Crippen MR) is 94.9 cm³/mol. The molecule has 118 valence electrons. The van der Waals surface area contributed by atoms with Crippen molar-refractivity contribution in [1.82, 2.24) is 0 Å². The van der Waals surface area contributed by atoms with Crippen molar-refractivity contribution in [3.05, 3.63) is 58.1 Å². The van der Waals surface area contributed by atoms with Gasteiger partial charge in [0.25, 0.3) is 0 Å². The van der Waals surface area contributed by atoms with Crippen molar-refractivity contribution in [2.24, 2.45) is 0 Å². The van der Waals surface area contributed by atoms with Crippen molar-refractivity contribution in [2.45, 2.75) is 20.3 Å². The van der Waals surface area contributed by atoms with Gasteiger partial charge in [-0.3, -0.25) is 4.79 Å². The Morgan fingerprint density at radius 2 is 1.96 bits per heavy atom. The minimum absolute atomic E-state index is 0.0853. The SMILES string of the molecule is CC(=O)Nc1c(C)ccc2c1/C(=C/c1ccc(Cl)cc1)CCO2. The zero-order valence-corrected chi connectivity index (χ0v) is 13.9. The number of halogens is 1. The van der Waals surface area contributed by atoms with Gasteiger partial charge in [0.2, 0.25) is 5.91 Å². The number of rotatable bonds is 2. The number of fused-ring (bicyclic) bond motifs is 1. The van der Waals surface area contributed by atoms with Crippen LogP contribution >= 0.6 is 11.6 Å². The number of carbonyl (C=O) groups excluding carboxylic acids is 1. The summed E-state index contributed by atoms with van der Waals surface area (Å²) in [6.07, 6.45) is 2.92. The second-order valence-corrected chi connectivity index (χ2v) is 6.07. The van der Waals surface area contributed by atoms with Crippen molar-refractivity contribution in [3.63, 3.8) is 0 Å². The standard InChI is InChI=1S/C19H18ClNO2/c1-12-3-8-17-18(19(12)21-13(2)22)15(9-10-23-17)11-14-4-6-16(20)7-5-14/h3-8,11H,9-10H2,1-2H3,(H,21,22)/b15-11+.